The number of hydrogen-bond donors (Lipinski definition) is 2. The number of hydrogen-bond acceptors (Lipinski definition) is 6. The molecule has 122 valence electrons. The van der Waals surface area contributed by atoms with Crippen LogP contribution in [-0.4, -0.2) is 20.9 Å². The fourth-order valence-corrected chi connectivity index (χ4v) is 2.87. The van der Waals surface area contributed by atoms with Gasteiger partial charge < -0.3 is 10.6 Å². The summed E-state index contributed by atoms with van der Waals surface area (Å²) in [5.74, 6) is 0.325. The minimum Gasteiger partial charge on any atom is -0.325 e. The zero-order chi connectivity index (χ0) is 16.9. The van der Waals surface area contributed by atoms with Crippen LogP contribution in [0.25, 0.3) is 0 Å². The molecule has 3 aromatic rings. The van der Waals surface area contributed by atoms with Crippen molar-refractivity contribution >= 4 is 45.6 Å². The SMILES string of the molecule is Cc1ccc(Cl)cc1NC(=O)Cc1csc(Nc2ncccn2)n1. The second kappa shape index (κ2) is 7.37. The molecular formula is C16H14ClN5OS. The van der Waals surface area contributed by atoms with Crippen LogP contribution in [0, 0.1) is 6.92 Å². The largest absolute Gasteiger partial charge is 0.325 e. The van der Waals surface area contributed by atoms with Crippen LogP contribution in [0.1, 0.15) is 11.3 Å². The lowest BCUT2D eigenvalue weighted by Gasteiger charge is -2.08. The number of nitrogens with zero attached hydrogens (tertiary/aromatic N) is 3. The standard InChI is InChI=1S/C16H14ClN5OS/c1-10-3-4-11(17)7-13(10)21-14(23)8-12-9-24-16(20-12)22-15-18-5-2-6-19-15/h2-7,9H,8H2,1H3,(H,21,23)(H,18,19,20,22). The number of thiazole rings is 1. The van der Waals surface area contributed by atoms with Crippen molar-refractivity contribution in [3.8, 4) is 0 Å². The van der Waals surface area contributed by atoms with Crippen molar-refractivity contribution < 1.29 is 4.79 Å². The van der Waals surface area contributed by atoms with Crippen LogP contribution in [0.4, 0.5) is 16.8 Å². The van der Waals surface area contributed by atoms with Crippen molar-refractivity contribution in [2.45, 2.75) is 13.3 Å². The maximum Gasteiger partial charge on any atom is 0.230 e. The minimum atomic E-state index is -0.145. The zero-order valence-electron chi connectivity index (χ0n) is 12.8. The monoisotopic (exact) mass is 359 g/mol. The Hall–Kier alpha value is -2.51. The molecule has 2 heterocycles. The van der Waals surface area contributed by atoms with Crippen molar-refractivity contribution in [1.29, 1.82) is 0 Å². The summed E-state index contributed by atoms with van der Waals surface area (Å²) in [5, 5.41) is 8.91. The lowest BCUT2D eigenvalue weighted by Crippen LogP contribution is -2.15. The maximum atomic E-state index is 12.2. The molecule has 0 spiro atoms. The molecule has 1 amide bonds. The van der Waals surface area contributed by atoms with Crippen molar-refractivity contribution in [2.24, 2.45) is 0 Å². The fourth-order valence-electron chi connectivity index (χ4n) is 1.99. The first kappa shape index (κ1) is 16.4. The Labute approximate surface area is 148 Å². The Kier molecular flexibility index (Phi) is 5.02. The first-order valence-electron chi connectivity index (χ1n) is 7.14. The molecule has 1 aromatic carbocycles. The molecule has 2 N–H and O–H groups in total. The van der Waals surface area contributed by atoms with Gasteiger partial charge in [0.05, 0.1) is 12.1 Å². The quantitative estimate of drug-likeness (QED) is 0.723. The number of carbonyl (C=O) groups is 1. The number of halogens is 1. The highest BCUT2D eigenvalue weighted by Crippen LogP contribution is 2.21. The van der Waals surface area contributed by atoms with E-state index in [2.05, 4.69) is 25.6 Å². The Morgan fingerprint density at radius 3 is 2.88 bits per heavy atom. The molecule has 0 saturated carbocycles. The summed E-state index contributed by atoms with van der Waals surface area (Å²) in [6.07, 6.45) is 3.47. The van der Waals surface area contributed by atoms with Gasteiger partial charge >= 0.3 is 0 Å². The summed E-state index contributed by atoms with van der Waals surface area (Å²) >= 11 is 7.35. The van der Waals surface area contributed by atoms with Crippen LogP contribution in [0.15, 0.2) is 42.0 Å². The number of rotatable bonds is 5. The summed E-state index contributed by atoms with van der Waals surface area (Å²) < 4.78 is 0. The first-order valence-corrected chi connectivity index (χ1v) is 8.40. The molecule has 6 nitrogen and oxygen atoms in total. The highest BCUT2D eigenvalue weighted by molar-refractivity contribution is 7.13. The second-order valence-corrected chi connectivity index (χ2v) is 6.32. The molecule has 8 heteroatoms. The van der Waals surface area contributed by atoms with E-state index in [-0.39, 0.29) is 12.3 Å². The average Bonchev–Trinajstić information content (AvgIpc) is 2.98. The Bertz CT molecular complexity index is 853. The van der Waals surface area contributed by atoms with E-state index in [0.29, 0.717) is 27.5 Å². The van der Waals surface area contributed by atoms with E-state index < -0.39 is 0 Å². The number of aromatic nitrogens is 3. The number of benzene rings is 1. The number of nitrogens with one attached hydrogen (secondary N) is 2. The van der Waals surface area contributed by atoms with Crippen LogP contribution in [-0.2, 0) is 11.2 Å². The van der Waals surface area contributed by atoms with Gasteiger partial charge in [0.1, 0.15) is 0 Å². The van der Waals surface area contributed by atoms with Gasteiger partial charge in [0.2, 0.25) is 11.9 Å². The molecular weight excluding hydrogens is 346 g/mol. The second-order valence-electron chi connectivity index (χ2n) is 5.03. The van der Waals surface area contributed by atoms with Crippen molar-refractivity contribution in [3.05, 3.63) is 58.3 Å². The van der Waals surface area contributed by atoms with Crippen molar-refractivity contribution in [1.82, 2.24) is 15.0 Å². The summed E-state index contributed by atoms with van der Waals surface area (Å²) in [7, 11) is 0. The third kappa shape index (κ3) is 4.27. The van der Waals surface area contributed by atoms with Crippen molar-refractivity contribution in [2.75, 3.05) is 10.6 Å². The summed E-state index contributed by atoms with van der Waals surface area (Å²) in [4.78, 5) is 24.7. The van der Waals surface area contributed by atoms with Crippen LogP contribution >= 0.6 is 22.9 Å². The number of carbonyl (C=O) groups excluding carboxylic acids is 1. The average molecular weight is 360 g/mol. The van der Waals surface area contributed by atoms with Gasteiger partial charge in [-0.2, -0.15) is 0 Å². The van der Waals surface area contributed by atoms with Gasteiger partial charge in [-0.1, -0.05) is 17.7 Å². The van der Waals surface area contributed by atoms with Crippen molar-refractivity contribution in [3.63, 3.8) is 0 Å². The molecule has 3 rings (SSSR count). The topological polar surface area (TPSA) is 79.8 Å². The van der Waals surface area contributed by atoms with E-state index in [9.17, 15) is 4.79 Å². The summed E-state index contributed by atoms with van der Waals surface area (Å²) in [5.41, 5.74) is 2.34. The van der Waals surface area contributed by atoms with Gasteiger partial charge in [-0.15, -0.1) is 11.3 Å². The summed E-state index contributed by atoms with van der Waals surface area (Å²) in [6.45, 7) is 1.91. The van der Waals surface area contributed by atoms with Gasteiger partial charge in [-0.05, 0) is 30.7 Å². The van der Waals surface area contributed by atoms with Crippen LogP contribution in [0.5, 0.6) is 0 Å². The molecule has 0 aliphatic carbocycles. The zero-order valence-corrected chi connectivity index (χ0v) is 14.4. The van der Waals surface area contributed by atoms with Crippen LogP contribution in [0.2, 0.25) is 5.02 Å². The predicted molar refractivity (Wildman–Crippen MR) is 96.0 cm³/mol. The summed E-state index contributed by atoms with van der Waals surface area (Å²) in [6, 6.07) is 7.12. The normalized spacial score (nSPS) is 10.4. The van der Waals surface area contributed by atoms with Crippen LogP contribution in [0.3, 0.4) is 0 Å². The van der Waals surface area contributed by atoms with E-state index in [1.807, 2.05) is 18.4 Å². The van der Waals surface area contributed by atoms with E-state index in [4.69, 9.17) is 11.6 Å². The number of aryl methyl sites for hydroxylation is 1. The predicted octanol–water partition coefficient (Wildman–Crippen LogP) is 3.82. The van der Waals surface area contributed by atoms with E-state index in [1.165, 1.54) is 11.3 Å². The van der Waals surface area contributed by atoms with Gasteiger partial charge in [-0.25, -0.2) is 15.0 Å². The Balaban J connectivity index is 1.62. The van der Waals surface area contributed by atoms with E-state index >= 15 is 0 Å². The molecule has 24 heavy (non-hydrogen) atoms. The lowest BCUT2D eigenvalue weighted by molar-refractivity contribution is -0.115. The Morgan fingerprint density at radius 1 is 1.29 bits per heavy atom. The number of anilines is 3. The molecule has 0 unspecified atom stereocenters. The van der Waals surface area contributed by atoms with E-state index in [0.717, 1.165) is 5.56 Å². The molecule has 0 aliphatic rings. The molecule has 0 aliphatic heterocycles. The van der Waals surface area contributed by atoms with Gasteiger partial charge in [0, 0.05) is 28.5 Å². The molecule has 0 bridgehead atoms. The van der Waals surface area contributed by atoms with Gasteiger partial charge in [-0.3, -0.25) is 4.79 Å². The fraction of sp³-hybridized carbons (Fsp3) is 0.125. The molecule has 0 radical (unpaired) electrons. The van der Waals surface area contributed by atoms with Crippen LogP contribution < -0.4 is 10.6 Å². The minimum absolute atomic E-state index is 0.145. The maximum absolute atomic E-state index is 12.2. The molecule has 0 fully saturated rings. The van der Waals surface area contributed by atoms with Gasteiger partial charge in [0.15, 0.2) is 5.13 Å². The molecule has 0 saturated heterocycles. The lowest BCUT2D eigenvalue weighted by atomic mass is 10.2. The van der Waals surface area contributed by atoms with Gasteiger partial charge in [0.25, 0.3) is 0 Å². The third-order valence-corrected chi connectivity index (χ3v) is 4.19. The Morgan fingerprint density at radius 2 is 2.08 bits per heavy atom. The third-order valence-electron chi connectivity index (χ3n) is 3.15. The van der Waals surface area contributed by atoms with E-state index in [1.54, 1.807) is 30.6 Å². The highest BCUT2D eigenvalue weighted by Gasteiger charge is 2.10. The smallest absolute Gasteiger partial charge is 0.230 e. The molecule has 0 atom stereocenters. The first-order chi connectivity index (χ1) is 11.6. The highest BCUT2D eigenvalue weighted by atomic mass is 35.5. The molecule has 2 aromatic heterocycles. The number of amides is 1.